The van der Waals surface area contributed by atoms with E-state index in [0.717, 1.165) is 0 Å². The number of amides is 1. The summed E-state index contributed by atoms with van der Waals surface area (Å²) >= 11 is 0. The van der Waals surface area contributed by atoms with Gasteiger partial charge in [0.25, 0.3) is 5.91 Å². The van der Waals surface area contributed by atoms with Crippen molar-refractivity contribution in [3.05, 3.63) is 11.8 Å². The van der Waals surface area contributed by atoms with Crippen LogP contribution in [0, 0.1) is 5.41 Å². The number of aliphatic hydroxyl groups is 2. The fourth-order valence-corrected chi connectivity index (χ4v) is 2.45. The monoisotopic (exact) mass is 266 g/mol. The molecule has 0 unspecified atom stereocenters. The van der Waals surface area contributed by atoms with Crippen LogP contribution in [0.5, 0.6) is 0 Å². The Morgan fingerprint density at radius 1 is 1.63 bits per heavy atom. The molecule has 8 nitrogen and oxygen atoms in total. The highest BCUT2D eigenvalue weighted by atomic mass is 16.5. The van der Waals surface area contributed by atoms with Crippen LogP contribution in [0.15, 0.2) is 16.8 Å². The Labute approximate surface area is 108 Å². The predicted molar refractivity (Wildman–Crippen MR) is 64.5 cm³/mol. The molecule has 3 rings (SSSR count). The van der Waals surface area contributed by atoms with Gasteiger partial charge in [-0.25, -0.2) is 0 Å². The number of carbonyl (C=O) groups is 1. The van der Waals surface area contributed by atoms with Crippen LogP contribution in [0.2, 0.25) is 0 Å². The van der Waals surface area contributed by atoms with Gasteiger partial charge in [0.15, 0.2) is 0 Å². The summed E-state index contributed by atoms with van der Waals surface area (Å²) in [6.07, 6.45) is 0.0386. The summed E-state index contributed by atoms with van der Waals surface area (Å²) in [7, 11) is 0. The van der Waals surface area contributed by atoms with Crippen LogP contribution in [-0.4, -0.2) is 64.3 Å². The van der Waals surface area contributed by atoms with Gasteiger partial charge in [-0.15, -0.1) is 0 Å². The lowest BCUT2D eigenvalue weighted by atomic mass is 10.1. The summed E-state index contributed by atoms with van der Waals surface area (Å²) in [6, 6.07) is 0. The van der Waals surface area contributed by atoms with Crippen LogP contribution in [0.25, 0.3) is 0 Å². The fourth-order valence-electron chi connectivity index (χ4n) is 2.45. The maximum Gasteiger partial charge on any atom is 0.277 e. The normalized spacial score (nSPS) is 34.0. The first-order chi connectivity index (χ1) is 9.10. The minimum Gasteiger partial charge on any atom is -0.394 e. The topological polar surface area (TPSA) is 118 Å². The second-order valence-corrected chi connectivity index (χ2v) is 4.63. The van der Waals surface area contributed by atoms with Crippen LogP contribution >= 0.6 is 0 Å². The number of nitrogens with one attached hydrogen (secondary N) is 2. The summed E-state index contributed by atoms with van der Waals surface area (Å²) in [5.74, 6) is -0.398. The lowest BCUT2D eigenvalue weighted by Gasteiger charge is -2.27. The minimum absolute atomic E-state index is 0.00287. The van der Waals surface area contributed by atoms with Crippen molar-refractivity contribution in [2.24, 2.45) is 4.99 Å². The summed E-state index contributed by atoms with van der Waals surface area (Å²) in [5, 5.41) is 28.7. The van der Waals surface area contributed by atoms with Crippen molar-refractivity contribution in [2.75, 3.05) is 13.3 Å². The summed E-state index contributed by atoms with van der Waals surface area (Å²) in [4.78, 5) is 17.5. The third-order valence-electron chi connectivity index (χ3n) is 3.41. The molecule has 3 heterocycles. The largest absolute Gasteiger partial charge is 0.394 e. The lowest BCUT2D eigenvalue weighted by Crippen LogP contribution is -2.43. The molecule has 0 spiro atoms. The van der Waals surface area contributed by atoms with Crippen molar-refractivity contribution < 1.29 is 19.7 Å². The van der Waals surface area contributed by atoms with Crippen molar-refractivity contribution in [3.8, 4) is 0 Å². The smallest absolute Gasteiger partial charge is 0.277 e. The molecule has 3 aliphatic heterocycles. The fraction of sp³-hybridized carbons (Fsp3) is 0.545. The van der Waals surface area contributed by atoms with Gasteiger partial charge in [-0.2, -0.15) is 0 Å². The summed E-state index contributed by atoms with van der Waals surface area (Å²) in [5.41, 5.74) is 0.811. The number of rotatable bonds is 2. The van der Waals surface area contributed by atoms with E-state index in [4.69, 9.17) is 15.3 Å². The van der Waals surface area contributed by atoms with Crippen molar-refractivity contribution in [1.29, 1.82) is 5.41 Å². The van der Waals surface area contributed by atoms with Crippen molar-refractivity contribution >= 4 is 17.5 Å². The third kappa shape index (κ3) is 1.93. The Hall–Kier alpha value is -1.77. The quantitative estimate of drug-likeness (QED) is 0.468. The molecule has 1 fully saturated rings. The minimum atomic E-state index is -0.739. The zero-order valence-electron chi connectivity index (χ0n) is 10.0. The first-order valence-corrected chi connectivity index (χ1v) is 5.97. The molecule has 19 heavy (non-hydrogen) atoms. The molecule has 0 aromatic rings. The van der Waals surface area contributed by atoms with E-state index in [9.17, 15) is 9.90 Å². The molecule has 102 valence electrons. The van der Waals surface area contributed by atoms with E-state index in [1.54, 1.807) is 4.90 Å². The Bertz CT molecular complexity index is 501. The number of aliphatic hydroxyl groups excluding tert-OH is 2. The SMILES string of the molecule is N=C1C=C2C(=NCN2[C@@H]2C[C@H](O)[C@@H](CO)O2)C(=O)N1. The number of carbonyl (C=O) groups excluding carboxylic acids is 1. The number of nitrogens with zero attached hydrogens (tertiary/aromatic N) is 2. The first-order valence-electron chi connectivity index (χ1n) is 5.97. The highest BCUT2D eigenvalue weighted by molar-refractivity contribution is 6.50. The van der Waals surface area contributed by atoms with Crippen molar-refractivity contribution in [2.45, 2.75) is 24.9 Å². The number of hydrogen-bond acceptors (Lipinski definition) is 7. The maximum absolute atomic E-state index is 11.7. The van der Waals surface area contributed by atoms with Crippen molar-refractivity contribution in [1.82, 2.24) is 10.2 Å². The van der Waals surface area contributed by atoms with Crippen LogP contribution in [-0.2, 0) is 9.53 Å². The number of ether oxygens (including phenoxy) is 1. The third-order valence-corrected chi connectivity index (χ3v) is 3.41. The van der Waals surface area contributed by atoms with Gasteiger partial charge in [-0.3, -0.25) is 15.2 Å². The van der Waals surface area contributed by atoms with E-state index in [1.165, 1.54) is 6.08 Å². The van der Waals surface area contributed by atoms with Gasteiger partial charge in [0.05, 0.1) is 18.4 Å². The Balaban J connectivity index is 1.82. The lowest BCUT2D eigenvalue weighted by molar-refractivity contribution is -0.113. The molecule has 0 aromatic heterocycles. The van der Waals surface area contributed by atoms with E-state index < -0.39 is 24.3 Å². The molecule has 4 N–H and O–H groups in total. The first kappa shape index (κ1) is 12.3. The molecule has 0 aliphatic carbocycles. The van der Waals surface area contributed by atoms with Gasteiger partial charge < -0.3 is 25.2 Å². The maximum atomic E-state index is 11.7. The second-order valence-electron chi connectivity index (χ2n) is 4.63. The standard InChI is InChI=1S/C11H14N4O4/c12-8-1-5-10(11(18)14-8)13-4-15(5)9-2-6(17)7(3-16)19-9/h1,6-7,9,16-17H,2-4H2,(H2,12,14,18)/t6-,7+,9-/m0/s1. The molecule has 3 atom stereocenters. The second kappa shape index (κ2) is 4.41. The molecule has 0 bridgehead atoms. The van der Waals surface area contributed by atoms with Crippen LogP contribution in [0.1, 0.15) is 6.42 Å². The Kier molecular flexibility index (Phi) is 2.85. The van der Waals surface area contributed by atoms with Gasteiger partial charge in [-0.1, -0.05) is 0 Å². The molecule has 0 aromatic carbocycles. The van der Waals surface area contributed by atoms with Crippen molar-refractivity contribution in [3.63, 3.8) is 0 Å². The van der Waals surface area contributed by atoms with E-state index in [0.29, 0.717) is 12.1 Å². The van der Waals surface area contributed by atoms with Gasteiger partial charge in [0, 0.05) is 12.5 Å². The molecule has 1 amide bonds. The molecular weight excluding hydrogens is 252 g/mol. The van der Waals surface area contributed by atoms with E-state index in [1.807, 2.05) is 0 Å². The summed E-state index contributed by atoms with van der Waals surface area (Å²) in [6.45, 7) is -0.00796. The van der Waals surface area contributed by atoms with Gasteiger partial charge >= 0.3 is 0 Å². The zero-order valence-corrected chi connectivity index (χ0v) is 10.0. The van der Waals surface area contributed by atoms with E-state index in [-0.39, 0.29) is 24.8 Å². The average Bonchev–Trinajstić information content (AvgIpc) is 2.92. The highest BCUT2D eigenvalue weighted by Crippen LogP contribution is 2.29. The van der Waals surface area contributed by atoms with Crippen LogP contribution in [0.4, 0.5) is 0 Å². The molecule has 1 saturated heterocycles. The molecule has 3 aliphatic rings. The Morgan fingerprint density at radius 2 is 2.42 bits per heavy atom. The Morgan fingerprint density at radius 3 is 3.11 bits per heavy atom. The highest BCUT2D eigenvalue weighted by Gasteiger charge is 2.41. The van der Waals surface area contributed by atoms with Crippen LogP contribution in [0.3, 0.4) is 0 Å². The summed E-state index contributed by atoms with van der Waals surface area (Å²) < 4.78 is 5.54. The zero-order chi connectivity index (χ0) is 13.6. The number of hydrogen-bond donors (Lipinski definition) is 4. The number of aliphatic imine (C=N–C) groups is 1. The average molecular weight is 266 g/mol. The van der Waals surface area contributed by atoms with Gasteiger partial charge in [0.1, 0.15) is 30.5 Å². The predicted octanol–water partition coefficient (Wildman–Crippen LogP) is -1.84. The number of fused-ring (bicyclic) bond motifs is 1. The molecule has 8 heteroatoms. The van der Waals surface area contributed by atoms with Crippen LogP contribution < -0.4 is 5.32 Å². The van der Waals surface area contributed by atoms with E-state index >= 15 is 0 Å². The molecular formula is C11H14N4O4. The number of amidine groups is 1. The molecule has 0 radical (unpaired) electrons. The van der Waals surface area contributed by atoms with Gasteiger partial charge in [-0.05, 0) is 0 Å². The van der Waals surface area contributed by atoms with Gasteiger partial charge in [0.2, 0.25) is 0 Å². The van der Waals surface area contributed by atoms with E-state index in [2.05, 4.69) is 10.3 Å². The molecule has 0 saturated carbocycles.